The molecule has 4 nitrogen and oxygen atoms in total. The molecule has 0 unspecified atom stereocenters. The van der Waals surface area contributed by atoms with Gasteiger partial charge in [0.2, 0.25) is 0 Å². The molecule has 0 aliphatic carbocycles. The Balaban J connectivity index is 1.99. The third kappa shape index (κ3) is 4.10. The van der Waals surface area contributed by atoms with E-state index in [0.717, 1.165) is 20.7 Å². The summed E-state index contributed by atoms with van der Waals surface area (Å²) in [7, 11) is 0. The molecule has 1 aromatic heterocycles. The van der Waals surface area contributed by atoms with Crippen molar-refractivity contribution in [3.8, 4) is 11.4 Å². The van der Waals surface area contributed by atoms with Gasteiger partial charge < -0.3 is 4.74 Å². The Kier molecular flexibility index (Phi) is 5.86. The molecule has 7 heteroatoms. The number of halogens is 3. The normalized spacial score (nSPS) is 11.1. The average molecular weight is 488 g/mol. The Hall–Kier alpha value is -1.31. The van der Waals surface area contributed by atoms with Gasteiger partial charge in [-0.2, -0.15) is 0 Å². The molecule has 3 aromatic rings. The molecule has 3 rings (SSSR count). The van der Waals surface area contributed by atoms with Gasteiger partial charge in [-0.1, -0.05) is 48.3 Å². The third-order valence-electron chi connectivity index (χ3n) is 3.68. The third-order valence-corrected chi connectivity index (χ3v) is 5.01. The van der Waals surface area contributed by atoms with Crippen LogP contribution in [0.2, 0.25) is 10.0 Å². The fourth-order valence-electron chi connectivity index (χ4n) is 2.45. The molecule has 0 atom stereocenters. The molecule has 0 radical (unpaired) electrons. The quantitative estimate of drug-likeness (QED) is 0.422. The van der Waals surface area contributed by atoms with Crippen LogP contribution in [0.4, 0.5) is 0 Å². The van der Waals surface area contributed by atoms with Crippen molar-refractivity contribution >= 4 is 45.8 Å². The summed E-state index contributed by atoms with van der Waals surface area (Å²) in [6.45, 7) is 4.45. The highest BCUT2D eigenvalue weighted by Crippen LogP contribution is 2.31. The molecule has 2 aromatic carbocycles. The summed E-state index contributed by atoms with van der Waals surface area (Å²) in [5, 5.41) is 9.62. The van der Waals surface area contributed by atoms with Gasteiger partial charge in [0.05, 0.1) is 15.7 Å². The van der Waals surface area contributed by atoms with Gasteiger partial charge in [0.1, 0.15) is 23.7 Å². The Labute approximate surface area is 170 Å². The summed E-state index contributed by atoms with van der Waals surface area (Å²) in [4.78, 5) is 0. The minimum Gasteiger partial charge on any atom is -0.487 e. The Morgan fingerprint density at radius 1 is 1.08 bits per heavy atom. The molecule has 0 saturated heterocycles. The maximum atomic E-state index is 6.34. The van der Waals surface area contributed by atoms with Gasteiger partial charge in [-0.05, 0) is 64.9 Å². The lowest BCUT2D eigenvalue weighted by molar-refractivity contribution is 0.296. The van der Waals surface area contributed by atoms with Crippen molar-refractivity contribution in [1.82, 2.24) is 15.0 Å². The minimum absolute atomic E-state index is 0.199. The molecule has 0 bridgehead atoms. The van der Waals surface area contributed by atoms with E-state index >= 15 is 0 Å². The van der Waals surface area contributed by atoms with Crippen LogP contribution in [0.15, 0.2) is 42.5 Å². The highest BCUT2D eigenvalue weighted by atomic mass is 127. The molecular formula is C18H16Cl2IN3O. The highest BCUT2D eigenvalue weighted by molar-refractivity contribution is 14.1. The first kappa shape index (κ1) is 18.5. The summed E-state index contributed by atoms with van der Waals surface area (Å²) in [5.74, 6) is 0.985. The molecule has 0 spiro atoms. The summed E-state index contributed by atoms with van der Waals surface area (Å²) >= 11 is 15.0. The maximum Gasteiger partial charge on any atom is 0.132 e. The summed E-state index contributed by atoms with van der Waals surface area (Å²) < 4.78 is 8.78. The molecular weight excluding hydrogens is 472 g/mol. The number of aromatic nitrogens is 3. The zero-order valence-electron chi connectivity index (χ0n) is 13.7. The first-order valence-electron chi connectivity index (χ1n) is 7.74. The SMILES string of the molecule is CC(C)c1nnn(-c2c(Cl)cccc2Cl)c1COc1ccc(I)cc1. The number of ether oxygens (including phenoxy) is 1. The van der Waals surface area contributed by atoms with Crippen LogP contribution in [0.1, 0.15) is 31.2 Å². The number of benzene rings is 2. The van der Waals surface area contributed by atoms with Crippen LogP contribution in [-0.2, 0) is 6.61 Å². The Bertz CT molecular complexity index is 858. The van der Waals surface area contributed by atoms with E-state index in [4.69, 9.17) is 27.9 Å². The number of hydrogen-bond donors (Lipinski definition) is 0. The zero-order chi connectivity index (χ0) is 18.0. The van der Waals surface area contributed by atoms with Crippen LogP contribution in [-0.4, -0.2) is 15.0 Å². The van der Waals surface area contributed by atoms with E-state index in [1.54, 1.807) is 22.9 Å². The van der Waals surface area contributed by atoms with Crippen LogP contribution < -0.4 is 4.74 Å². The lowest BCUT2D eigenvalue weighted by Crippen LogP contribution is -2.09. The number of rotatable bonds is 5. The highest BCUT2D eigenvalue weighted by Gasteiger charge is 2.20. The molecule has 1 heterocycles. The summed E-state index contributed by atoms with van der Waals surface area (Å²) in [6.07, 6.45) is 0. The van der Waals surface area contributed by atoms with E-state index in [9.17, 15) is 0 Å². The molecule has 0 saturated carbocycles. The van der Waals surface area contributed by atoms with E-state index in [1.807, 2.05) is 24.3 Å². The van der Waals surface area contributed by atoms with Crippen molar-refractivity contribution in [2.75, 3.05) is 0 Å². The van der Waals surface area contributed by atoms with E-state index in [1.165, 1.54) is 0 Å². The van der Waals surface area contributed by atoms with E-state index < -0.39 is 0 Å². The number of hydrogen-bond acceptors (Lipinski definition) is 3. The smallest absolute Gasteiger partial charge is 0.132 e. The van der Waals surface area contributed by atoms with Gasteiger partial charge in [-0.15, -0.1) is 5.10 Å². The van der Waals surface area contributed by atoms with Crippen molar-refractivity contribution in [1.29, 1.82) is 0 Å². The average Bonchev–Trinajstić information content (AvgIpc) is 2.98. The van der Waals surface area contributed by atoms with Gasteiger partial charge in [-0.3, -0.25) is 0 Å². The fraction of sp³-hybridized carbons (Fsp3) is 0.222. The number of nitrogens with zero attached hydrogens (tertiary/aromatic N) is 3. The second-order valence-corrected chi connectivity index (χ2v) is 7.86. The van der Waals surface area contributed by atoms with E-state index in [-0.39, 0.29) is 5.92 Å². The largest absolute Gasteiger partial charge is 0.487 e. The van der Waals surface area contributed by atoms with Gasteiger partial charge in [0, 0.05) is 3.57 Å². The van der Waals surface area contributed by atoms with Crippen LogP contribution in [0.25, 0.3) is 5.69 Å². The lowest BCUT2D eigenvalue weighted by Gasteiger charge is -2.13. The minimum atomic E-state index is 0.199. The van der Waals surface area contributed by atoms with Crippen LogP contribution >= 0.6 is 45.8 Å². The van der Waals surface area contributed by atoms with E-state index in [2.05, 4.69) is 46.8 Å². The Morgan fingerprint density at radius 2 is 1.72 bits per heavy atom. The first-order chi connectivity index (χ1) is 12.0. The second-order valence-electron chi connectivity index (χ2n) is 5.80. The predicted octanol–water partition coefficient (Wildman–Crippen LogP) is 5.88. The van der Waals surface area contributed by atoms with Crippen molar-refractivity contribution in [2.24, 2.45) is 0 Å². The van der Waals surface area contributed by atoms with Gasteiger partial charge in [0.25, 0.3) is 0 Å². The van der Waals surface area contributed by atoms with Gasteiger partial charge in [0.15, 0.2) is 0 Å². The predicted molar refractivity (Wildman–Crippen MR) is 109 cm³/mol. The van der Waals surface area contributed by atoms with Gasteiger partial charge in [-0.25, -0.2) is 4.68 Å². The second kappa shape index (κ2) is 7.93. The fourth-order valence-corrected chi connectivity index (χ4v) is 3.37. The van der Waals surface area contributed by atoms with Crippen LogP contribution in [0.5, 0.6) is 5.75 Å². The lowest BCUT2D eigenvalue weighted by atomic mass is 10.1. The van der Waals surface area contributed by atoms with Crippen molar-refractivity contribution in [3.63, 3.8) is 0 Å². The molecule has 0 amide bonds. The molecule has 25 heavy (non-hydrogen) atoms. The van der Waals surface area contributed by atoms with E-state index in [0.29, 0.717) is 22.3 Å². The zero-order valence-corrected chi connectivity index (χ0v) is 17.4. The topological polar surface area (TPSA) is 39.9 Å². The van der Waals surface area contributed by atoms with Crippen molar-refractivity contribution in [3.05, 3.63) is 67.5 Å². The number of para-hydroxylation sites is 1. The summed E-state index contributed by atoms with van der Waals surface area (Å²) in [6, 6.07) is 13.2. The van der Waals surface area contributed by atoms with Crippen molar-refractivity contribution < 1.29 is 4.74 Å². The monoisotopic (exact) mass is 487 g/mol. The Morgan fingerprint density at radius 3 is 2.32 bits per heavy atom. The maximum absolute atomic E-state index is 6.34. The molecule has 130 valence electrons. The van der Waals surface area contributed by atoms with Crippen molar-refractivity contribution in [2.45, 2.75) is 26.4 Å². The van der Waals surface area contributed by atoms with Crippen LogP contribution in [0, 0.1) is 3.57 Å². The summed E-state index contributed by atoms with van der Waals surface area (Å²) in [5.41, 5.74) is 2.32. The molecule has 0 aliphatic heterocycles. The first-order valence-corrected chi connectivity index (χ1v) is 9.58. The molecule has 0 N–H and O–H groups in total. The van der Waals surface area contributed by atoms with Gasteiger partial charge >= 0.3 is 0 Å². The molecule has 0 aliphatic rings. The van der Waals surface area contributed by atoms with Crippen LogP contribution in [0.3, 0.4) is 0 Å². The standard InChI is InChI=1S/C18H16Cl2IN3O/c1-11(2)17-16(10-25-13-8-6-12(21)7-9-13)24(23-22-17)18-14(19)4-3-5-15(18)20/h3-9,11H,10H2,1-2H3. The molecule has 0 fully saturated rings.